The Balaban J connectivity index is 2.02. The number of thiophene rings is 1. The molecule has 30 heavy (non-hydrogen) atoms. The number of aliphatic carboxylic acids is 1. The molecule has 0 fully saturated rings. The average Bonchev–Trinajstić information content (AvgIpc) is 3.02. The highest BCUT2D eigenvalue weighted by atomic mass is 32.1. The molecule has 1 aromatic carbocycles. The molecule has 0 aliphatic heterocycles. The van der Waals surface area contributed by atoms with E-state index in [9.17, 15) is 14.4 Å². The second kappa shape index (κ2) is 9.21. The fourth-order valence-corrected chi connectivity index (χ4v) is 4.49. The molecule has 0 spiro atoms. The first kappa shape index (κ1) is 21.7. The van der Waals surface area contributed by atoms with Gasteiger partial charge in [-0.15, -0.1) is 11.3 Å². The molecule has 3 rings (SSSR count). The van der Waals surface area contributed by atoms with E-state index in [0.29, 0.717) is 45.9 Å². The molecule has 7 nitrogen and oxygen atoms in total. The van der Waals surface area contributed by atoms with Crippen molar-refractivity contribution in [3.8, 4) is 0 Å². The van der Waals surface area contributed by atoms with Gasteiger partial charge in [-0.1, -0.05) is 25.1 Å². The van der Waals surface area contributed by atoms with Crippen LogP contribution >= 0.6 is 11.3 Å². The van der Waals surface area contributed by atoms with Crippen molar-refractivity contribution in [3.63, 3.8) is 0 Å². The van der Waals surface area contributed by atoms with Crippen molar-refractivity contribution >= 4 is 39.1 Å². The minimum absolute atomic E-state index is 0.0112. The Morgan fingerprint density at radius 2 is 1.97 bits per heavy atom. The van der Waals surface area contributed by atoms with Crippen molar-refractivity contribution in [1.29, 1.82) is 0 Å². The molecular formula is C22H25N3O4S. The number of hydrogen-bond acceptors (Lipinski definition) is 5. The highest BCUT2D eigenvalue weighted by molar-refractivity contribution is 7.20. The predicted molar refractivity (Wildman–Crippen MR) is 119 cm³/mol. The van der Waals surface area contributed by atoms with E-state index in [0.717, 1.165) is 17.7 Å². The first-order valence-electron chi connectivity index (χ1n) is 9.95. The molecule has 2 aromatic heterocycles. The molecule has 158 valence electrons. The minimum Gasteiger partial charge on any atom is -0.481 e. The zero-order chi connectivity index (χ0) is 21.8. The lowest BCUT2D eigenvalue weighted by atomic mass is 10.1. The van der Waals surface area contributed by atoms with E-state index in [1.165, 1.54) is 11.3 Å². The third kappa shape index (κ3) is 4.43. The van der Waals surface area contributed by atoms with Gasteiger partial charge < -0.3 is 10.4 Å². The summed E-state index contributed by atoms with van der Waals surface area (Å²) < 4.78 is 1.57. The Morgan fingerprint density at radius 1 is 1.23 bits per heavy atom. The van der Waals surface area contributed by atoms with Gasteiger partial charge in [0.05, 0.1) is 10.3 Å². The van der Waals surface area contributed by atoms with Crippen LogP contribution in [0.5, 0.6) is 0 Å². The maximum Gasteiger partial charge on any atom is 0.303 e. The molecular weight excluding hydrogens is 402 g/mol. The molecule has 0 radical (unpaired) electrons. The molecule has 8 heteroatoms. The normalized spacial score (nSPS) is 11.0. The number of nitrogens with zero attached hydrogens (tertiary/aromatic N) is 2. The van der Waals surface area contributed by atoms with E-state index in [1.807, 2.05) is 38.1 Å². The summed E-state index contributed by atoms with van der Waals surface area (Å²) in [5.74, 6) is -0.526. The fraction of sp³-hybridized carbons (Fsp3) is 0.364. The summed E-state index contributed by atoms with van der Waals surface area (Å²) in [6.45, 7) is 5.97. The number of anilines is 1. The summed E-state index contributed by atoms with van der Waals surface area (Å²) in [5.41, 5.74) is 2.07. The molecule has 0 unspecified atom stereocenters. The Kier molecular flexibility index (Phi) is 6.66. The van der Waals surface area contributed by atoms with Crippen LogP contribution in [-0.4, -0.2) is 26.5 Å². The van der Waals surface area contributed by atoms with Crippen molar-refractivity contribution in [3.05, 3.63) is 56.4 Å². The van der Waals surface area contributed by atoms with Gasteiger partial charge in [-0.3, -0.25) is 19.0 Å². The van der Waals surface area contributed by atoms with Crippen molar-refractivity contribution in [2.45, 2.75) is 53.0 Å². The van der Waals surface area contributed by atoms with Gasteiger partial charge in [0.2, 0.25) is 0 Å². The highest BCUT2D eigenvalue weighted by Crippen LogP contribution is 2.29. The molecule has 0 saturated carbocycles. The number of aromatic nitrogens is 2. The molecule has 0 aliphatic rings. The van der Waals surface area contributed by atoms with Gasteiger partial charge >= 0.3 is 5.97 Å². The molecule has 1 amide bonds. The monoisotopic (exact) mass is 427 g/mol. The Hall–Kier alpha value is -3.00. The maximum atomic E-state index is 13.2. The smallest absolute Gasteiger partial charge is 0.303 e. The average molecular weight is 428 g/mol. The van der Waals surface area contributed by atoms with Crippen LogP contribution in [0.1, 0.15) is 52.8 Å². The Labute approximate surface area is 178 Å². The summed E-state index contributed by atoms with van der Waals surface area (Å²) >= 11 is 1.22. The Bertz CT molecular complexity index is 1160. The van der Waals surface area contributed by atoms with E-state index in [4.69, 9.17) is 5.11 Å². The molecule has 0 bridgehead atoms. The van der Waals surface area contributed by atoms with Crippen molar-refractivity contribution in [2.24, 2.45) is 0 Å². The number of aryl methyl sites for hydroxylation is 3. The zero-order valence-electron chi connectivity index (χ0n) is 17.3. The van der Waals surface area contributed by atoms with Crippen molar-refractivity contribution in [1.82, 2.24) is 9.55 Å². The number of carboxylic acid groups (broad SMARTS) is 1. The third-order valence-corrected chi connectivity index (χ3v) is 6.16. The lowest BCUT2D eigenvalue weighted by Crippen LogP contribution is -2.26. The lowest BCUT2D eigenvalue weighted by Gasteiger charge is -2.11. The topological polar surface area (TPSA) is 101 Å². The van der Waals surface area contributed by atoms with Crippen LogP contribution in [0.25, 0.3) is 10.2 Å². The van der Waals surface area contributed by atoms with Crippen LogP contribution in [0.2, 0.25) is 0 Å². The van der Waals surface area contributed by atoms with Gasteiger partial charge in [0.25, 0.3) is 11.5 Å². The quantitative estimate of drug-likeness (QED) is 0.562. The largest absolute Gasteiger partial charge is 0.481 e. The van der Waals surface area contributed by atoms with E-state index in [2.05, 4.69) is 10.3 Å². The Morgan fingerprint density at radius 3 is 2.63 bits per heavy atom. The third-order valence-electron chi connectivity index (χ3n) is 4.97. The number of nitrogens with one attached hydrogen (secondary N) is 1. The van der Waals surface area contributed by atoms with Crippen LogP contribution in [-0.2, 0) is 17.8 Å². The number of para-hydroxylation sites is 1. The van der Waals surface area contributed by atoms with Crippen LogP contribution in [0, 0.1) is 13.8 Å². The van der Waals surface area contributed by atoms with Gasteiger partial charge in [-0.25, -0.2) is 4.98 Å². The van der Waals surface area contributed by atoms with Crippen molar-refractivity contribution < 1.29 is 14.7 Å². The molecule has 2 heterocycles. The van der Waals surface area contributed by atoms with E-state index < -0.39 is 5.97 Å². The highest BCUT2D eigenvalue weighted by Gasteiger charge is 2.22. The van der Waals surface area contributed by atoms with Crippen LogP contribution in [0.3, 0.4) is 0 Å². The molecule has 2 N–H and O–H groups in total. The number of hydrogen-bond donors (Lipinski definition) is 2. The standard InChI is InChI=1S/C22H25N3O4S/c1-4-8-16-24-21-18(22(29)25(16)12-7-11-17(26)27)14(3)19(30-21)20(28)23-15-10-6-5-9-13(15)2/h5-6,9-10H,4,7-8,11-12H2,1-3H3,(H,23,28)(H,26,27). The second-order valence-electron chi connectivity index (χ2n) is 7.24. The summed E-state index contributed by atoms with van der Waals surface area (Å²) in [6, 6.07) is 7.52. The minimum atomic E-state index is -0.893. The van der Waals surface area contributed by atoms with Crippen LogP contribution in [0.15, 0.2) is 29.1 Å². The van der Waals surface area contributed by atoms with Crippen molar-refractivity contribution in [2.75, 3.05) is 5.32 Å². The lowest BCUT2D eigenvalue weighted by molar-refractivity contribution is -0.137. The van der Waals surface area contributed by atoms with E-state index >= 15 is 0 Å². The van der Waals surface area contributed by atoms with Gasteiger partial charge in [-0.05, 0) is 43.9 Å². The predicted octanol–water partition coefficient (Wildman–Crippen LogP) is 4.14. The number of carboxylic acids is 1. The number of benzene rings is 1. The fourth-order valence-electron chi connectivity index (χ4n) is 3.40. The maximum absolute atomic E-state index is 13.2. The number of carbonyl (C=O) groups excluding carboxylic acids is 1. The second-order valence-corrected chi connectivity index (χ2v) is 8.24. The van der Waals surface area contributed by atoms with Gasteiger partial charge in [0.15, 0.2) is 0 Å². The first-order valence-corrected chi connectivity index (χ1v) is 10.8. The molecule has 0 atom stereocenters. The SMILES string of the molecule is CCCc1nc2sc(C(=O)Nc3ccccc3C)c(C)c2c(=O)n1CCCC(=O)O. The van der Waals surface area contributed by atoms with E-state index in [1.54, 1.807) is 11.5 Å². The van der Waals surface area contributed by atoms with Gasteiger partial charge in [0, 0.05) is 25.1 Å². The first-order chi connectivity index (χ1) is 14.3. The number of fused-ring (bicyclic) bond motifs is 1. The number of rotatable bonds is 8. The van der Waals surface area contributed by atoms with E-state index in [-0.39, 0.29) is 17.9 Å². The number of amides is 1. The number of carbonyl (C=O) groups is 2. The van der Waals surface area contributed by atoms with Crippen LogP contribution < -0.4 is 10.9 Å². The summed E-state index contributed by atoms with van der Waals surface area (Å²) in [4.78, 5) is 42.7. The summed E-state index contributed by atoms with van der Waals surface area (Å²) in [7, 11) is 0. The van der Waals surface area contributed by atoms with Crippen LogP contribution in [0.4, 0.5) is 5.69 Å². The van der Waals surface area contributed by atoms with Gasteiger partial charge in [-0.2, -0.15) is 0 Å². The summed E-state index contributed by atoms with van der Waals surface area (Å²) in [5, 5.41) is 12.3. The molecule has 3 aromatic rings. The van der Waals surface area contributed by atoms with Gasteiger partial charge in [0.1, 0.15) is 10.7 Å². The zero-order valence-corrected chi connectivity index (χ0v) is 18.1. The molecule has 0 saturated heterocycles. The summed E-state index contributed by atoms with van der Waals surface area (Å²) in [6.07, 6.45) is 1.76. The molecule has 0 aliphatic carbocycles.